The Labute approximate surface area is 153 Å². The number of hydrogen-bond acceptors (Lipinski definition) is 2. The minimum atomic E-state index is 0. The minimum Gasteiger partial charge on any atom is -0.353 e. The number of nitrogens with one attached hydrogen (secondary N) is 1. The second-order valence-corrected chi connectivity index (χ2v) is 7.72. The van der Waals surface area contributed by atoms with Gasteiger partial charge in [0.15, 0.2) is 0 Å². The van der Waals surface area contributed by atoms with Gasteiger partial charge in [0.1, 0.15) is 0 Å². The lowest BCUT2D eigenvalue weighted by Crippen LogP contribution is -2.53. The number of nitrogens with two attached hydrogens (primary N) is 1. The first kappa shape index (κ1) is 18.8. The molecule has 0 aliphatic heterocycles. The van der Waals surface area contributed by atoms with E-state index in [9.17, 15) is 4.79 Å². The van der Waals surface area contributed by atoms with Crippen LogP contribution in [0.1, 0.15) is 44.1 Å². The summed E-state index contributed by atoms with van der Waals surface area (Å²) in [7, 11) is 0. The molecule has 0 radical (unpaired) electrons. The maximum Gasteiger partial charge on any atom is 0.220 e. The van der Waals surface area contributed by atoms with Gasteiger partial charge < -0.3 is 11.1 Å². The third-order valence-electron chi connectivity index (χ3n) is 5.28. The molecule has 3 nitrogen and oxygen atoms in total. The largest absolute Gasteiger partial charge is 0.353 e. The maximum atomic E-state index is 12.4. The number of carbonyl (C=O) groups excluding carboxylic acids is 1. The van der Waals surface area contributed by atoms with Crippen LogP contribution in [-0.2, 0) is 11.2 Å². The Morgan fingerprint density at radius 3 is 2.52 bits per heavy atom. The molecule has 2 unspecified atom stereocenters. The van der Waals surface area contributed by atoms with Gasteiger partial charge in [-0.2, -0.15) is 0 Å². The van der Waals surface area contributed by atoms with Crippen molar-refractivity contribution in [2.24, 2.45) is 17.6 Å². The van der Waals surface area contributed by atoms with E-state index in [0.717, 1.165) is 23.7 Å². The van der Waals surface area contributed by atoms with Gasteiger partial charge in [-0.1, -0.05) is 40.5 Å². The number of halogens is 2. The van der Waals surface area contributed by atoms with Gasteiger partial charge in [0.25, 0.3) is 0 Å². The van der Waals surface area contributed by atoms with Crippen LogP contribution < -0.4 is 11.1 Å². The van der Waals surface area contributed by atoms with Crippen molar-refractivity contribution in [3.05, 3.63) is 34.3 Å². The third-order valence-corrected chi connectivity index (χ3v) is 6.06. The van der Waals surface area contributed by atoms with Gasteiger partial charge in [-0.25, -0.2) is 0 Å². The van der Waals surface area contributed by atoms with Crippen LogP contribution in [0.4, 0.5) is 0 Å². The molecule has 0 aromatic heterocycles. The first-order chi connectivity index (χ1) is 10.6. The van der Waals surface area contributed by atoms with Gasteiger partial charge in [-0.15, -0.1) is 12.4 Å². The number of rotatable bonds is 4. The molecule has 3 N–H and O–H groups in total. The molecule has 0 heterocycles. The second-order valence-electron chi connectivity index (χ2n) is 6.87. The van der Waals surface area contributed by atoms with Crippen molar-refractivity contribution in [2.75, 3.05) is 0 Å². The molecule has 2 atom stereocenters. The monoisotopic (exact) mass is 400 g/mol. The topological polar surface area (TPSA) is 55.1 Å². The van der Waals surface area contributed by atoms with Gasteiger partial charge >= 0.3 is 0 Å². The van der Waals surface area contributed by atoms with E-state index in [4.69, 9.17) is 5.73 Å². The number of fused-ring (bicyclic) bond motifs is 2. The van der Waals surface area contributed by atoms with Crippen molar-refractivity contribution in [3.8, 4) is 0 Å². The predicted molar refractivity (Wildman–Crippen MR) is 99.7 cm³/mol. The molecule has 3 rings (SSSR count). The smallest absolute Gasteiger partial charge is 0.220 e. The van der Waals surface area contributed by atoms with E-state index in [1.807, 2.05) is 18.2 Å². The SMILES string of the molecule is Cl.NC1CC2CCCC(C1)C2NC(=O)CCc1ccccc1Br. The molecule has 0 saturated heterocycles. The molecule has 5 heteroatoms. The molecular formula is C18H26BrClN2O. The van der Waals surface area contributed by atoms with Crippen LogP contribution in [0.2, 0.25) is 0 Å². The third kappa shape index (κ3) is 4.71. The maximum absolute atomic E-state index is 12.4. The highest BCUT2D eigenvalue weighted by Gasteiger charge is 2.39. The Morgan fingerprint density at radius 2 is 1.87 bits per heavy atom. The van der Waals surface area contributed by atoms with Crippen molar-refractivity contribution < 1.29 is 4.79 Å². The fraction of sp³-hybridized carbons (Fsp3) is 0.611. The molecule has 2 bridgehead atoms. The standard InChI is InChI=1S/C18H25BrN2O.ClH/c19-16-7-2-1-4-12(16)8-9-17(22)21-18-13-5-3-6-14(18)11-15(20)10-13;/h1-2,4,7,13-15,18H,3,5-6,8-11,20H2,(H,21,22);1H. The summed E-state index contributed by atoms with van der Waals surface area (Å²) in [6, 6.07) is 8.82. The molecule has 0 spiro atoms. The van der Waals surface area contributed by atoms with E-state index < -0.39 is 0 Å². The molecular weight excluding hydrogens is 376 g/mol. The first-order valence-corrected chi connectivity index (χ1v) is 9.21. The van der Waals surface area contributed by atoms with E-state index >= 15 is 0 Å². The van der Waals surface area contributed by atoms with Crippen LogP contribution in [0.3, 0.4) is 0 Å². The van der Waals surface area contributed by atoms with E-state index in [1.165, 1.54) is 24.8 Å². The van der Waals surface area contributed by atoms with E-state index in [0.29, 0.717) is 30.3 Å². The summed E-state index contributed by atoms with van der Waals surface area (Å²) in [5.74, 6) is 1.37. The molecule has 2 saturated carbocycles. The summed E-state index contributed by atoms with van der Waals surface area (Å²) in [4.78, 5) is 12.4. The van der Waals surface area contributed by atoms with Crippen LogP contribution in [0.5, 0.6) is 0 Å². The minimum absolute atomic E-state index is 0. The van der Waals surface area contributed by atoms with Crippen molar-refractivity contribution in [1.82, 2.24) is 5.32 Å². The Balaban J connectivity index is 0.00000192. The predicted octanol–water partition coefficient (Wildman–Crippen LogP) is 3.83. The van der Waals surface area contributed by atoms with E-state index in [2.05, 4.69) is 27.3 Å². The van der Waals surface area contributed by atoms with Crippen molar-refractivity contribution in [1.29, 1.82) is 0 Å². The summed E-state index contributed by atoms with van der Waals surface area (Å²) >= 11 is 3.55. The van der Waals surface area contributed by atoms with Crippen LogP contribution in [0.15, 0.2) is 28.7 Å². The van der Waals surface area contributed by atoms with Crippen LogP contribution in [0, 0.1) is 11.8 Å². The van der Waals surface area contributed by atoms with E-state index in [-0.39, 0.29) is 18.3 Å². The molecule has 23 heavy (non-hydrogen) atoms. The number of benzene rings is 1. The number of carbonyl (C=O) groups is 1. The van der Waals surface area contributed by atoms with Crippen LogP contribution in [-0.4, -0.2) is 18.0 Å². The Kier molecular flexibility index (Phi) is 6.93. The molecule has 2 aliphatic carbocycles. The van der Waals surface area contributed by atoms with Crippen molar-refractivity contribution >= 4 is 34.2 Å². The fourth-order valence-corrected chi connectivity index (χ4v) is 4.72. The van der Waals surface area contributed by atoms with Crippen molar-refractivity contribution in [3.63, 3.8) is 0 Å². The van der Waals surface area contributed by atoms with E-state index in [1.54, 1.807) is 0 Å². The lowest BCUT2D eigenvalue weighted by molar-refractivity contribution is -0.123. The van der Waals surface area contributed by atoms with Gasteiger partial charge in [0.2, 0.25) is 5.91 Å². The summed E-state index contributed by atoms with van der Waals surface area (Å²) < 4.78 is 1.09. The Morgan fingerprint density at radius 1 is 1.22 bits per heavy atom. The summed E-state index contributed by atoms with van der Waals surface area (Å²) in [6.07, 6.45) is 7.24. The average molecular weight is 402 g/mol. The average Bonchev–Trinajstić information content (AvgIpc) is 2.47. The lowest BCUT2D eigenvalue weighted by Gasteiger charge is -2.45. The first-order valence-electron chi connectivity index (χ1n) is 8.42. The normalized spacial score (nSPS) is 29.5. The Bertz CT molecular complexity index is 526. The Hall–Kier alpha value is -0.580. The molecule has 1 amide bonds. The molecule has 1 aromatic rings. The number of hydrogen-bond donors (Lipinski definition) is 2. The van der Waals surface area contributed by atoms with Gasteiger partial charge in [0, 0.05) is 23.0 Å². The van der Waals surface area contributed by atoms with Crippen LogP contribution in [0.25, 0.3) is 0 Å². The molecule has 2 aliphatic rings. The molecule has 2 fully saturated rings. The van der Waals surface area contributed by atoms with Gasteiger partial charge in [-0.05, 0) is 55.6 Å². The fourth-order valence-electron chi connectivity index (χ4n) is 4.23. The number of amides is 1. The summed E-state index contributed by atoms with van der Waals surface area (Å²) in [6.45, 7) is 0. The second kappa shape index (κ2) is 8.50. The summed E-state index contributed by atoms with van der Waals surface area (Å²) in [5, 5.41) is 3.32. The highest BCUT2D eigenvalue weighted by Crippen LogP contribution is 2.39. The highest BCUT2D eigenvalue weighted by molar-refractivity contribution is 9.10. The lowest BCUT2D eigenvalue weighted by atomic mass is 9.67. The summed E-state index contributed by atoms with van der Waals surface area (Å²) in [5.41, 5.74) is 7.35. The van der Waals surface area contributed by atoms with Crippen LogP contribution >= 0.6 is 28.3 Å². The van der Waals surface area contributed by atoms with Crippen molar-refractivity contribution in [2.45, 2.75) is 57.0 Å². The molecule has 128 valence electrons. The zero-order valence-electron chi connectivity index (χ0n) is 13.3. The zero-order chi connectivity index (χ0) is 15.5. The zero-order valence-corrected chi connectivity index (χ0v) is 15.7. The number of aryl methyl sites for hydroxylation is 1. The highest BCUT2D eigenvalue weighted by atomic mass is 79.9. The quantitative estimate of drug-likeness (QED) is 0.805. The molecule has 1 aromatic carbocycles. The van der Waals surface area contributed by atoms with Gasteiger partial charge in [0.05, 0.1) is 0 Å². The van der Waals surface area contributed by atoms with Gasteiger partial charge in [-0.3, -0.25) is 4.79 Å².